The number of hydrogen-bond acceptors (Lipinski definition) is 4. The van der Waals surface area contributed by atoms with Crippen molar-refractivity contribution in [1.82, 2.24) is 0 Å². The van der Waals surface area contributed by atoms with Crippen LogP contribution in [0.2, 0.25) is 0 Å². The molecule has 5 heteroatoms. The van der Waals surface area contributed by atoms with E-state index in [2.05, 4.69) is 6.58 Å². The predicted octanol–water partition coefficient (Wildman–Crippen LogP) is 0.837. The molecular weight excluding hydrogens is 238 g/mol. The van der Waals surface area contributed by atoms with Gasteiger partial charge in [-0.1, -0.05) is 18.2 Å². The van der Waals surface area contributed by atoms with Gasteiger partial charge in [-0.25, -0.2) is 0 Å². The van der Waals surface area contributed by atoms with Crippen LogP contribution >= 0.6 is 0 Å². The molecule has 0 amide bonds. The summed E-state index contributed by atoms with van der Waals surface area (Å²) in [5, 5.41) is 9.50. The molecule has 1 unspecified atom stereocenters. The highest BCUT2D eigenvalue weighted by Gasteiger charge is 2.20. The minimum absolute atomic E-state index is 0.0686. The molecule has 3 N–H and O–H groups in total. The number of Topliss-reactive ketones (excluding diaryl/α,β-unsaturated/α-hetero) is 1. The van der Waals surface area contributed by atoms with Crippen LogP contribution in [0.25, 0.3) is 0 Å². The van der Waals surface area contributed by atoms with Crippen LogP contribution in [-0.4, -0.2) is 32.6 Å². The lowest BCUT2D eigenvalue weighted by molar-refractivity contribution is 0.0966. The van der Waals surface area contributed by atoms with Crippen molar-refractivity contribution in [1.29, 1.82) is 0 Å². The van der Waals surface area contributed by atoms with Gasteiger partial charge in [-0.15, -0.1) is 6.58 Å². The molecule has 0 saturated carbocycles. The third kappa shape index (κ3) is 3.80. The van der Waals surface area contributed by atoms with E-state index < -0.39 is 22.6 Å². The van der Waals surface area contributed by atoms with Crippen molar-refractivity contribution >= 4 is 16.6 Å². The molecule has 0 radical (unpaired) electrons. The second-order valence-electron chi connectivity index (χ2n) is 3.55. The van der Waals surface area contributed by atoms with Gasteiger partial charge in [-0.3, -0.25) is 9.00 Å². The zero-order valence-electron chi connectivity index (χ0n) is 9.33. The summed E-state index contributed by atoms with van der Waals surface area (Å²) < 4.78 is 11.4. The maximum Gasteiger partial charge on any atom is 0.184 e. The fourth-order valence-electron chi connectivity index (χ4n) is 1.36. The molecule has 17 heavy (non-hydrogen) atoms. The smallest absolute Gasteiger partial charge is 0.184 e. The van der Waals surface area contributed by atoms with Crippen LogP contribution in [-0.2, 0) is 10.8 Å². The van der Waals surface area contributed by atoms with Crippen LogP contribution in [0.4, 0.5) is 0 Å². The summed E-state index contributed by atoms with van der Waals surface area (Å²) in [6.45, 7) is 3.47. The molecular formula is C12H15NO3S. The number of benzene rings is 1. The highest BCUT2D eigenvalue weighted by atomic mass is 32.2. The van der Waals surface area contributed by atoms with Gasteiger partial charge in [0.25, 0.3) is 0 Å². The molecule has 2 atom stereocenters. The summed E-state index contributed by atoms with van der Waals surface area (Å²) in [5.74, 6) is -0.135. The monoisotopic (exact) mass is 253 g/mol. The summed E-state index contributed by atoms with van der Waals surface area (Å²) in [7, 11) is -1.20. The number of ketones is 1. The highest BCUT2D eigenvalue weighted by Crippen LogP contribution is 2.17. The molecule has 1 rings (SSSR count). The van der Waals surface area contributed by atoms with Gasteiger partial charge in [0.15, 0.2) is 5.78 Å². The minimum atomic E-state index is -1.20. The zero-order valence-corrected chi connectivity index (χ0v) is 10.2. The lowest BCUT2D eigenvalue weighted by atomic mass is 10.1. The second-order valence-corrected chi connectivity index (χ2v) is 5.10. The van der Waals surface area contributed by atoms with Crippen LogP contribution in [0.15, 0.2) is 36.9 Å². The SMILES string of the molecule is C=CCS(=O)C[C@H](N)C(=O)c1ccccc1O. The van der Waals surface area contributed by atoms with Crippen molar-refractivity contribution in [3.05, 3.63) is 42.5 Å². The number of phenolic OH excluding ortho intramolecular Hbond substituents is 1. The largest absolute Gasteiger partial charge is 0.507 e. The van der Waals surface area contributed by atoms with Crippen LogP contribution in [0.3, 0.4) is 0 Å². The van der Waals surface area contributed by atoms with Gasteiger partial charge in [-0.05, 0) is 12.1 Å². The van der Waals surface area contributed by atoms with Crippen molar-refractivity contribution < 1.29 is 14.1 Å². The Morgan fingerprint density at radius 3 is 2.76 bits per heavy atom. The molecule has 0 aliphatic carbocycles. The Labute approximate surface area is 103 Å². The fourth-order valence-corrected chi connectivity index (χ4v) is 2.31. The van der Waals surface area contributed by atoms with Gasteiger partial charge >= 0.3 is 0 Å². The van der Waals surface area contributed by atoms with Gasteiger partial charge in [0, 0.05) is 22.3 Å². The number of carbonyl (C=O) groups is 1. The Hall–Kier alpha value is -1.46. The molecule has 0 saturated heterocycles. The predicted molar refractivity (Wildman–Crippen MR) is 68.5 cm³/mol. The van der Waals surface area contributed by atoms with Crippen LogP contribution < -0.4 is 5.73 Å². The Kier molecular flexibility index (Phi) is 5.06. The number of hydrogen-bond donors (Lipinski definition) is 2. The summed E-state index contributed by atoms with van der Waals surface area (Å²) in [6.07, 6.45) is 1.52. The molecule has 0 heterocycles. The Bertz CT molecular complexity index is 445. The van der Waals surface area contributed by atoms with Gasteiger partial charge in [0.05, 0.1) is 11.6 Å². The molecule has 92 valence electrons. The van der Waals surface area contributed by atoms with Gasteiger partial charge in [-0.2, -0.15) is 0 Å². The van der Waals surface area contributed by atoms with E-state index >= 15 is 0 Å². The van der Waals surface area contributed by atoms with Crippen molar-refractivity contribution in [2.24, 2.45) is 5.73 Å². The number of carbonyl (C=O) groups excluding carboxylic acids is 1. The Morgan fingerprint density at radius 2 is 2.18 bits per heavy atom. The van der Waals surface area contributed by atoms with Crippen LogP contribution in [0, 0.1) is 0 Å². The first kappa shape index (κ1) is 13.6. The van der Waals surface area contributed by atoms with Crippen molar-refractivity contribution in [3.63, 3.8) is 0 Å². The van der Waals surface area contributed by atoms with E-state index in [1.54, 1.807) is 12.1 Å². The average Bonchev–Trinajstić information content (AvgIpc) is 2.29. The van der Waals surface area contributed by atoms with E-state index in [1.165, 1.54) is 18.2 Å². The number of rotatable bonds is 6. The van der Waals surface area contributed by atoms with E-state index in [-0.39, 0.29) is 17.1 Å². The molecule has 1 aromatic carbocycles. The molecule has 0 fully saturated rings. The fraction of sp³-hybridized carbons (Fsp3) is 0.250. The third-order valence-corrected chi connectivity index (χ3v) is 3.51. The minimum Gasteiger partial charge on any atom is -0.507 e. The number of phenols is 1. The normalized spacial score (nSPS) is 13.9. The summed E-state index contributed by atoms with van der Waals surface area (Å²) in [6, 6.07) is 5.30. The van der Waals surface area contributed by atoms with E-state index in [0.29, 0.717) is 5.75 Å². The molecule has 0 aliphatic rings. The van der Waals surface area contributed by atoms with E-state index in [9.17, 15) is 14.1 Å². The molecule has 0 aliphatic heterocycles. The van der Waals surface area contributed by atoms with Crippen LogP contribution in [0.1, 0.15) is 10.4 Å². The van der Waals surface area contributed by atoms with Crippen molar-refractivity contribution in [2.75, 3.05) is 11.5 Å². The number of aromatic hydroxyl groups is 1. The number of nitrogens with two attached hydrogens (primary N) is 1. The van der Waals surface area contributed by atoms with Gasteiger partial charge in [0.1, 0.15) is 5.75 Å². The average molecular weight is 253 g/mol. The lowest BCUT2D eigenvalue weighted by Gasteiger charge is -2.10. The highest BCUT2D eigenvalue weighted by molar-refractivity contribution is 7.85. The summed E-state index contributed by atoms with van der Waals surface area (Å²) in [5.41, 5.74) is 5.82. The molecule has 4 nitrogen and oxygen atoms in total. The quantitative estimate of drug-likeness (QED) is 0.581. The van der Waals surface area contributed by atoms with Gasteiger partial charge in [0.2, 0.25) is 0 Å². The molecule has 1 aromatic rings. The lowest BCUT2D eigenvalue weighted by Crippen LogP contribution is -2.36. The van der Waals surface area contributed by atoms with Crippen molar-refractivity contribution in [3.8, 4) is 5.75 Å². The summed E-state index contributed by atoms with van der Waals surface area (Å²) >= 11 is 0. The zero-order chi connectivity index (χ0) is 12.8. The van der Waals surface area contributed by atoms with Crippen LogP contribution in [0.5, 0.6) is 5.75 Å². The number of para-hydroxylation sites is 1. The molecule has 0 aromatic heterocycles. The third-order valence-electron chi connectivity index (χ3n) is 2.18. The van der Waals surface area contributed by atoms with Crippen molar-refractivity contribution in [2.45, 2.75) is 6.04 Å². The van der Waals surface area contributed by atoms with Gasteiger partial charge < -0.3 is 10.8 Å². The Balaban J connectivity index is 2.74. The summed E-state index contributed by atoms with van der Waals surface area (Å²) in [4.78, 5) is 11.9. The molecule has 0 spiro atoms. The first-order chi connectivity index (χ1) is 8.06. The van der Waals surface area contributed by atoms with E-state index in [1.807, 2.05) is 0 Å². The maximum atomic E-state index is 11.9. The first-order valence-electron chi connectivity index (χ1n) is 5.10. The standard InChI is InChI=1S/C12H15NO3S/c1-2-7-17(16)8-10(13)12(15)9-5-3-4-6-11(9)14/h2-6,10,14H,1,7-8,13H2/t10-,17?/m0/s1. The topological polar surface area (TPSA) is 80.4 Å². The first-order valence-corrected chi connectivity index (χ1v) is 6.58. The maximum absolute atomic E-state index is 11.9. The van der Waals surface area contributed by atoms with E-state index in [4.69, 9.17) is 5.73 Å². The Morgan fingerprint density at radius 1 is 1.53 bits per heavy atom. The second kappa shape index (κ2) is 6.32. The van der Waals surface area contributed by atoms with E-state index in [0.717, 1.165) is 0 Å². The molecule has 0 bridgehead atoms.